The van der Waals surface area contributed by atoms with E-state index in [2.05, 4.69) is 27.7 Å². The number of rotatable bonds is 7. The van der Waals surface area contributed by atoms with Crippen LogP contribution in [0.15, 0.2) is 30.3 Å². The lowest BCUT2D eigenvalue weighted by molar-refractivity contribution is 0.289. The van der Waals surface area contributed by atoms with Crippen molar-refractivity contribution in [2.45, 2.75) is 19.8 Å². The van der Waals surface area contributed by atoms with Crippen molar-refractivity contribution in [2.24, 2.45) is 0 Å². The molecule has 0 saturated heterocycles. The van der Waals surface area contributed by atoms with Crippen molar-refractivity contribution in [3.63, 3.8) is 0 Å². The molecule has 136 valence electrons. The molecular formula is C18H18Cl2N4O2. The van der Waals surface area contributed by atoms with Crippen LogP contribution >= 0.6 is 23.2 Å². The summed E-state index contributed by atoms with van der Waals surface area (Å²) in [5.41, 5.74) is 1.34. The van der Waals surface area contributed by atoms with Crippen LogP contribution in [0.4, 0.5) is 11.5 Å². The highest BCUT2D eigenvalue weighted by Gasteiger charge is 2.13. The first-order valence-electron chi connectivity index (χ1n) is 8.17. The van der Waals surface area contributed by atoms with Gasteiger partial charge in [-0.1, -0.05) is 36.5 Å². The van der Waals surface area contributed by atoms with Crippen molar-refractivity contribution in [1.29, 1.82) is 0 Å². The fraction of sp³-hybridized carbons (Fsp3) is 0.278. The van der Waals surface area contributed by atoms with E-state index in [0.29, 0.717) is 45.2 Å². The van der Waals surface area contributed by atoms with Gasteiger partial charge in [0, 0.05) is 21.8 Å². The Kier molecular flexibility index (Phi) is 5.96. The van der Waals surface area contributed by atoms with Crippen LogP contribution in [-0.4, -0.2) is 29.1 Å². The molecule has 0 fully saturated rings. The number of hydrogen-bond donors (Lipinski definition) is 1. The smallest absolute Gasteiger partial charge is 0.164 e. The summed E-state index contributed by atoms with van der Waals surface area (Å²) in [4.78, 5) is 0. The summed E-state index contributed by atoms with van der Waals surface area (Å²) in [6.45, 7) is 2.72. The van der Waals surface area contributed by atoms with E-state index in [-0.39, 0.29) is 0 Å². The third kappa shape index (κ3) is 4.26. The molecular weight excluding hydrogens is 375 g/mol. The van der Waals surface area contributed by atoms with Gasteiger partial charge < -0.3 is 14.8 Å². The van der Waals surface area contributed by atoms with Crippen molar-refractivity contribution < 1.29 is 9.47 Å². The molecule has 2 aromatic carbocycles. The minimum atomic E-state index is 0.520. The minimum absolute atomic E-state index is 0.520. The summed E-state index contributed by atoms with van der Waals surface area (Å²) in [5, 5.41) is 17.0. The van der Waals surface area contributed by atoms with Gasteiger partial charge in [-0.25, -0.2) is 0 Å². The molecule has 0 atom stereocenters. The summed E-state index contributed by atoms with van der Waals surface area (Å²) in [6, 6.07) is 8.79. The van der Waals surface area contributed by atoms with E-state index in [0.717, 1.165) is 18.2 Å². The van der Waals surface area contributed by atoms with Gasteiger partial charge in [0.25, 0.3) is 0 Å². The number of anilines is 2. The molecule has 0 bridgehead atoms. The van der Waals surface area contributed by atoms with E-state index < -0.39 is 0 Å². The molecule has 3 rings (SSSR count). The normalized spacial score (nSPS) is 10.8. The van der Waals surface area contributed by atoms with Crippen LogP contribution in [0, 0.1) is 0 Å². The molecule has 8 heteroatoms. The average molecular weight is 393 g/mol. The van der Waals surface area contributed by atoms with Crippen molar-refractivity contribution in [1.82, 2.24) is 15.4 Å². The van der Waals surface area contributed by atoms with Gasteiger partial charge >= 0.3 is 0 Å². The first kappa shape index (κ1) is 18.5. The molecule has 0 saturated carbocycles. The van der Waals surface area contributed by atoms with Crippen molar-refractivity contribution >= 4 is 45.6 Å². The number of nitrogens with zero attached hydrogens (tertiary/aromatic N) is 3. The highest BCUT2D eigenvalue weighted by molar-refractivity contribution is 6.35. The molecule has 0 amide bonds. The van der Waals surface area contributed by atoms with E-state index in [1.54, 1.807) is 31.4 Å². The van der Waals surface area contributed by atoms with Crippen molar-refractivity contribution in [3.8, 4) is 11.5 Å². The highest BCUT2D eigenvalue weighted by Crippen LogP contribution is 2.35. The molecule has 1 N–H and O–H groups in total. The number of methoxy groups -OCH3 is 1. The van der Waals surface area contributed by atoms with Crippen LogP contribution in [0.3, 0.4) is 0 Å². The monoisotopic (exact) mass is 392 g/mol. The zero-order valence-corrected chi connectivity index (χ0v) is 15.9. The molecule has 0 unspecified atom stereocenters. The van der Waals surface area contributed by atoms with Crippen LogP contribution in [0.5, 0.6) is 11.5 Å². The van der Waals surface area contributed by atoms with Crippen molar-refractivity contribution in [3.05, 3.63) is 40.4 Å². The van der Waals surface area contributed by atoms with Gasteiger partial charge in [-0.3, -0.25) is 0 Å². The number of fused-ring (bicyclic) bond motifs is 1. The minimum Gasteiger partial charge on any atom is -0.493 e. The second-order valence-corrected chi connectivity index (χ2v) is 6.52. The second-order valence-electron chi connectivity index (χ2n) is 5.64. The number of hydrogen-bond acceptors (Lipinski definition) is 6. The van der Waals surface area contributed by atoms with Gasteiger partial charge in [0.05, 0.1) is 19.1 Å². The molecule has 0 aliphatic carbocycles. The summed E-state index contributed by atoms with van der Waals surface area (Å²) in [6.07, 6.45) is 2.02. The zero-order valence-electron chi connectivity index (χ0n) is 14.4. The molecule has 6 nitrogen and oxygen atoms in total. The number of unbranched alkanes of at least 4 members (excludes halogenated alkanes) is 1. The van der Waals surface area contributed by atoms with E-state index >= 15 is 0 Å². The largest absolute Gasteiger partial charge is 0.493 e. The Labute approximate surface area is 161 Å². The Balaban J connectivity index is 1.98. The third-order valence-electron chi connectivity index (χ3n) is 3.72. The maximum atomic E-state index is 6.05. The van der Waals surface area contributed by atoms with Gasteiger partial charge in [0.15, 0.2) is 17.3 Å². The maximum absolute atomic E-state index is 6.05. The van der Waals surface area contributed by atoms with Crippen LogP contribution in [0.1, 0.15) is 19.8 Å². The Bertz CT molecular complexity index is 901. The first-order chi connectivity index (χ1) is 12.6. The maximum Gasteiger partial charge on any atom is 0.164 e. The average Bonchev–Trinajstić information content (AvgIpc) is 2.61. The standard InChI is InChI=1S/C18H18Cl2N4O2/c1-3-4-5-26-17-10-15-14(9-16(17)25-2)18(23-24-22-15)21-13-7-11(19)6-12(20)8-13/h6-10H,3-5H2,1-2H3,(H,21,22,23). The number of nitrogens with one attached hydrogen (secondary N) is 1. The third-order valence-corrected chi connectivity index (χ3v) is 4.15. The molecule has 0 aliphatic heterocycles. The number of halogens is 2. The topological polar surface area (TPSA) is 69.2 Å². The van der Waals surface area contributed by atoms with Gasteiger partial charge in [-0.05, 0) is 35.9 Å². The van der Waals surface area contributed by atoms with E-state index in [1.165, 1.54) is 0 Å². The molecule has 3 aromatic rings. The highest BCUT2D eigenvalue weighted by atomic mass is 35.5. The molecule has 0 aliphatic rings. The quantitative estimate of drug-likeness (QED) is 0.552. The molecule has 26 heavy (non-hydrogen) atoms. The summed E-state index contributed by atoms with van der Waals surface area (Å²) >= 11 is 12.1. The molecule has 1 aromatic heterocycles. The predicted octanol–water partition coefficient (Wildman–Crippen LogP) is 5.26. The Morgan fingerprint density at radius 1 is 1.00 bits per heavy atom. The van der Waals surface area contributed by atoms with Gasteiger partial charge in [-0.15, -0.1) is 10.2 Å². The van der Waals surface area contributed by atoms with E-state index in [9.17, 15) is 0 Å². The van der Waals surface area contributed by atoms with Gasteiger partial charge in [-0.2, -0.15) is 0 Å². The number of benzene rings is 2. The van der Waals surface area contributed by atoms with Gasteiger partial charge in [0.2, 0.25) is 0 Å². The Morgan fingerprint density at radius 3 is 2.46 bits per heavy atom. The molecule has 0 radical (unpaired) electrons. The van der Waals surface area contributed by atoms with Crippen LogP contribution in [-0.2, 0) is 0 Å². The Morgan fingerprint density at radius 2 is 1.77 bits per heavy atom. The number of aromatic nitrogens is 3. The van der Waals surface area contributed by atoms with E-state index in [1.807, 2.05) is 6.07 Å². The lowest BCUT2D eigenvalue weighted by Crippen LogP contribution is -2.02. The predicted molar refractivity (Wildman–Crippen MR) is 104 cm³/mol. The summed E-state index contributed by atoms with van der Waals surface area (Å²) < 4.78 is 11.3. The van der Waals surface area contributed by atoms with Crippen LogP contribution in [0.2, 0.25) is 10.0 Å². The second kappa shape index (κ2) is 8.38. The van der Waals surface area contributed by atoms with Gasteiger partial charge in [0.1, 0.15) is 5.52 Å². The molecule has 0 spiro atoms. The lowest BCUT2D eigenvalue weighted by Gasteiger charge is -2.13. The summed E-state index contributed by atoms with van der Waals surface area (Å²) in [7, 11) is 1.60. The lowest BCUT2D eigenvalue weighted by atomic mass is 10.2. The first-order valence-corrected chi connectivity index (χ1v) is 8.93. The fourth-order valence-electron chi connectivity index (χ4n) is 2.44. The SMILES string of the molecule is CCCCOc1cc2nnnc(Nc3cc(Cl)cc(Cl)c3)c2cc1OC. The molecule has 1 heterocycles. The van der Waals surface area contributed by atoms with Crippen LogP contribution in [0.25, 0.3) is 10.9 Å². The zero-order chi connectivity index (χ0) is 18.5. The fourth-order valence-corrected chi connectivity index (χ4v) is 2.97. The van der Waals surface area contributed by atoms with E-state index in [4.69, 9.17) is 32.7 Å². The summed E-state index contributed by atoms with van der Waals surface area (Å²) in [5.74, 6) is 1.76. The Hall–Kier alpha value is -2.31. The number of ether oxygens (including phenoxy) is 2. The van der Waals surface area contributed by atoms with Crippen LogP contribution < -0.4 is 14.8 Å². The van der Waals surface area contributed by atoms with Crippen molar-refractivity contribution in [2.75, 3.05) is 19.0 Å².